The zero-order valence-electron chi connectivity index (χ0n) is 13.5. The number of rotatable bonds is 3. The summed E-state index contributed by atoms with van der Waals surface area (Å²) >= 11 is 7.49. The van der Waals surface area contributed by atoms with E-state index in [9.17, 15) is 4.79 Å². The molecule has 25 heavy (non-hydrogen) atoms. The number of benzene rings is 2. The summed E-state index contributed by atoms with van der Waals surface area (Å²) in [6.45, 7) is 1.91. The van der Waals surface area contributed by atoms with Gasteiger partial charge in [-0.05, 0) is 42.8 Å². The molecule has 0 aliphatic carbocycles. The van der Waals surface area contributed by atoms with Crippen LogP contribution in [0.25, 0.3) is 0 Å². The normalized spacial score (nSPS) is 15.5. The highest BCUT2D eigenvalue weighted by molar-refractivity contribution is 7.14. The first-order valence-corrected chi connectivity index (χ1v) is 9.14. The lowest BCUT2D eigenvalue weighted by atomic mass is 10.1. The minimum atomic E-state index is -0.585. The molecule has 1 aliphatic rings. The summed E-state index contributed by atoms with van der Waals surface area (Å²) in [5.74, 6) is 0.582. The Morgan fingerprint density at radius 2 is 2.08 bits per heavy atom. The summed E-state index contributed by atoms with van der Waals surface area (Å²) in [4.78, 5) is 19.4. The number of thiazole rings is 1. The number of amides is 1. The number of hydrogen-bond acceptors (Lipinski definition) is 4. The van der Waals surface area contributed by atoms with Crippen LogP contribution in [0.4, 0.5) is 10.8 Å². The Bertz CT molecular complexity index is 926. The summed E-state index contributed by atoms with van der Waals surface area (Å²) in [6.07, 6.45) is -0.0829. The first-order chi connectivity index (χ1) is 12.1. The van der Waals surface area contributed by atoms with Gasteiger partial charge < -0.3 is 4.74 Å². The standard InChI is InChI=1S/C19H15ClN2O2S/c1-12-11-25-19(21-12)22(15-5-3-2-4-6-15)18(23)17-10-13-9-14(20)7-8-16(13)24-17/h2-9,11,17H,10H2,1H3/t17-/m1/s1. The Morgan fingerprint density at radius 1 is 1.28 bits per heavy atom. The molecule has 0 radical (unpaired) electrons. The maximum absolute atomic E-state index is 13.2. The molecule has 1 aliphatic heterocycles. The highest BCUT2D eigenvalue weighted by Crippen LogP contribution is 2.35. The molecule has 126 valence electrons. The number of carbonyl (C=O) groups is 1. The van der Waals surface area contributed by atoms with Crippen LogP contribution in [-0.2, 0) is 11.2 Å². The van der Waals surface area contributed by atoms with Gasteiger partial charge in [0.1, 0.15) is 5.75 Å². The number of para-hydroxylation sites is 1. The molecule has 0 bridgehead atoms. The van der Waals surface area contributed by atoms with Crippen molar-refractivity contribution in [2.75, 3.05) is 4.90 Å². The van der Waals surface area contributed by atoms with Gasteiger partial charge in [-0.2, -0.15) is 0 Å². The molecule has 6 heteroatoms. The van der Waals surface area contributed by atoms with Gasteiger partial charge >= 0.3 is 0 Å². The van der Waals surface area contributed by atoms with E-state index >= 15 is 0 Å². The molecule has 4 rings (SSSR count). The fourth-order valence-electron chi connectivity index (χ4n) is 2.85. The van der Waals surface area contributed by atoms with Crippen molar-refractivity contribution in [1.29, 1.82) is 0 Å². The van der Waals surface area contributed by atoms with E-state index in [1.54, 1.807) is 11.0 Å². The second-order valence-electron chi connectivity index (χ2n) is 5.84. The van der Waals surface area contributed by atoms with Crippen LogP contribution in [0.2, 0.25) is 5.02 Å². The van der Waals surface area contributed by atoms with Crippen molar-refractivity contribution in [3.05, 3.63) is 70.2 Å². The number of aryl methyl sites for hydroxylation is 1. The van der Waals surface area contributed by atoms with Gasteiger partial charge in [-0.3, -0.25) is 9.69 Å². The van der Waals surface area contributed by atoms with Crippen molar-refractivity contribution >= 4 is 39.7 Å². The van der Waals surface area contributed by atoms with Gasteiger partial charge in [-0.15, -0.1) is 11.3 Å². The fraction of sp³-hybridized carbons (Fsp3) is 0.158. The lowest BCUT2D eigenvalue weighted by Gasteiger charge is -2.23. The maximum atomic E-state index is 13.2. The van der Waals surface area contributed by atoms with Crippen LogP contribution in [0.3, 0.4) is 0 Å². The quantitative estimate of drug-likeness (QED) is 0.666. The van der Waals surface area contributed by atoms with Gasteiger partial charge in [-0.25, -0.2) is 4.98 Å². The Labute approximate surface area is 154 Å². The highest BCUT2D eigenvalue weighted by atomic mass is 35.5. The lowest BCUT2D eigenvalue weighted by molar-refractivity contribution is -0.123. The number of anilines is 2. The van der Waals surface area contributed by atoms with Gasteiger partial charge in [0.25, 0.3) is 5.91 Å². The summed E-state index contributed by atoms with van der Waals surface area (Å²) in [7, 11) is 0. The third-order valence-electron chi connectivity index (χ3n) is 4.01. The third-order valence-corrected chi connectivity index (χ3v) is 5.18. The van der Waals surface area contributed by atoms with Gasteiger partial charge in [0.05, 0.1) is 11.4 Å². The average Bonchev–Trinajstić information content (AvgIpc) is 3.22. The zero-order chi connectivity index (χ0) is 17.4. The van der Waals surface area contributed by atoms with E-state index in [2.05, 4.69) is 4.98 Å². The van der Waals surface area contributed by atoms with E-state index < -0.39 is 6.10 Å². The monoisotopic (exact) mass is 370 g/mol. The van der Waals surface area contributed by atoms with Crippen LogP contribution in [0.1, 0.15) is 11.3 Å². The van der Waals surface area contributed by atoms with E-state index in [0.29, 0.717) is 22.3 Å². The molecule has 1 amide bonds. The number of halogens is 1. The zero-order valence-corrected chi connectivity index (χ0v) is 15.1. The summed E-state index contributed by atoms with van der Waals surface area (Å²) in [5, 5.41) is 3.22. The van der Waals surface area contributed by atoms with Crippen molar-refractivity contribution in [2.45, 2.75) is 19.4 Å². The Balaban J connectivity index is 1.68. The van der Waals surface area contributed by atoms with Crippen molar-refractivity contribution < 1.29 is 9.53 Å². The predicted octanol–water partition coefficient (Wildman–Crippen LogP) is 4.77. The number of aromatic nitrogens is 1. The molecular formula is C19H15ClN2O2S. The minimum absolute atomic E-state index is 0.132. The van der Waals surface area contributed by atoms with Crippen LogP contribution < -0.4 is 9.64 Å². The van der Waals surface area contributed by atoms with Crippen LogP contribution in [0, 0.1) is 6.92 Å². The molecule has 0 saturated carbocycles. The van der Waals surface area contributed by atoms with E-state index in [-0.39, 0.29) is 5.91 Å². The predicted molar refractivity (Wildman–Crippen MR) is 100 cm³/mol. The van der Waals surface area contributed by atoms with E-state index in [1.807, 2.05) is 54.8 Å². The largest absolute Gasteiger partial charge is 0.480 e. The summed E-state index contributed by atoms with van der Waals surface area (Å²) < 4.78 is 5.88. The lowest BCUT2D eigenvalue weighted by Crippen LogP contribution is -2.38. The smallest absolute Gasteiger partial charge is 0.274 e. The number of ether oxygens (including phenoxy) is 1. The molecule has 1 atom stereocenters. The average molecular weight is 371 g/mol. The number of nitrogens with zero attached hydrogens (tertiary/aromatic N) is 2. The number of fused-ring (bicyclic) bond motifs is 1. The van der Waals surface area contributed by atoms with Gasteiger partial charge in [0, 0.05) is 16.8 Å². The maximum Gasteiger partial charge on any atom is 0.274 e. The van der Waals surface area contributed by atoms with Gasteiger partial charge in [-0.1, -0.05) is 29.8 Å². The van der Waals surface area contributed by atoms with E-state index in [4.69, 9.17) is 16.3 Å². The van der Waals surface area contributed by atoms with Crippen molar-refractivity contribution in [1.82, 2.24) is 4.98 Å². The fourth-order valence-corrected chi connectivity index (χ4v) is 3.87. The van der Waals surface area contributed by atoms with Gasteiger partial charge in [0.15, 0.2) is 11.2 Å². The Morgan fingerprint density at radius 3 is 2.80 bits per heavy atom. The molecule has 0 unspecified atom stereocenters. The van der Waals surface area contributed by atoms with E-state index in [0.717, 1.165) is 16.9 Å². The molecule has 1 aromatic heterocycles. The molecule has 4 nitrogen and oxygen atoms in total. The van der Waals surface area contributed by atoms with Gasteiger partial charge in [0.2, 0.25) is 0 Å². The summed E-state index contributed by atoms with van der Waals surface area (Å²) in [5.41, 5.74) is 2.62. The summed E-state index contributed by atoms with van der Waals surface area (Å²) in [6, 6.07) is 15.0. The molecule has 3 aromatic rings. The molecule has 2 aromatic carbocycles. The van der Waals surface area contributed by atoms with Crippen molar-refractivity contribution in [3.8, 4) is 5.75 Å². The molecule has 0 N–H and O–H groups in total. The second-order valence-corrected chi connectivity index (χ2v) is 7.12. The van der Waals surface area contributed by atoms with Crippen LogP contribution in [-0.4, -0.2) is 17.0 Å². The third kappa shape index (κ3) is 3.13. The van der Waals surface area contributed by atoms with Crippen LogP contribution in [0.15, 0.2) is 53.9 Å². The number of carbonyl (C=O) groups excluding carboxylic acids is 1. The minimum Gasteiger partial charge on any atom is -0.480 e. The number of hydrogen-bond donors (Lipinski definition) is 0. The molecule has 0 fully saturated rings. The second kappa shape index (κ2) is 6.50. The molecular weight excluding hydrogens is 356 g/mol. The highest BCUT2D eigenvalue weighted by Gasteiger charge is 2.35. The van der Waals surface area contributed by atoms with Crippen LogP contribution in [0.5, 0.6) is 5.75 Å². The van der Waals surface area contributed by atoms with E-state index in [1.165, 1.54) is 11.3 Å². The first-order valence-electron chi connectivity index (χ1n) is 7.88. The first kappa shape index (κ1) is 16.1. The molecule has 2 heterocycles. The van der Waals surface area contributed by atoms with Crippen molar-refractivity contribution in [2.24, 2.45) is 0 Å². The Hall–Kier alpha value is -2.37. The van der Waals surface area contributed by atoms with Crippen molar-refractivity contribution in [3.63, 3.8) is 0 Å². The molecule has 0 spiro atoms. The SMILES string of the molecule is Cc1csc(N(C(=O)[C@H]2Cc3cc(Cl)ccc3O2)c2ccccc2)n1. The molecule has 0 saturated heterocycles. The topological polar surface area (TPSA) is 42.4 Å². The Kier molecular flexibility index (Phi) is 4.19. The van der Waals surface area contributed by atoms with Crippen LogP contribution >= 0.6 is 22.9 Å².